The SMILES string of the molecule is O=C(OC1CCCCC1)c1c(-c2ccncc2)csc1NS(=O)(=O)c1ccccc1. The summed E-state index contributed by atoms with van der Waals surface area (Å²) in [6, 6.07) is 11.7. The van der Waals surface area contributed by atoms with Gasteiger partial charge in [-0.15, -0.1) is 11.3 Å². The van der Waals surface area contributed by atoms with Gasteiger partial charge in [0.2, 0.25) is 0 Å². The third kappa shape index (κ3) is 4.55. The number of ether oxygens (including phenoxy) is 1. The highest BCUT2D eigenvalue weighted by Crippen LogP contribution is 2.38. The van der Waals surface area contributed by atoms with Crippen molar-refractivity contribution in [3.8, 4) is 11.1 Å². The van der Waals surface area contributed by atoms with E-state index in [4.69, 9.17) is 4.74 Å². The first-order valence-electron chi connectivity index (χ1n) is 9.85. The molecule has 0 bridgehead atoms. The van der Waals surface area contributed by atoms with Gasteiger partial charge in [-0.1, -0.05) is 24.6 Å². The average Bonchev–Trinajstić information content (AvgIpc) is 3.18. The van der Waals surface area contributed by atoms with Gasteiger partial charge in [-0.05, 0) is 55.5 Å². The Balaban J connectivity index is 1.70. The Morgan fingerprint density at radius 3 is 2.43 bits per heavy atom. The van der Waals surface area contributed by atoms with Crippen LogP contribution in [0, 0.1) is 0 Å². The Morgan fingerprint density at radius 1 is 1.03 bits per heavy atom. The number of benzene rings is 1. The van der Waals surface area contributed by atoms with E-state index in [0.717, 1.165) is 37.7 Å². The molecule has 1 saturated carbocycles. The van der Waals surface area contributed by atoms with Crippen molar-refractivity contribution in [1.82, 2.24) is 4.98 Å². The Hall–Kier alpha value is -2.71. The lowest BCUT2D eigenvalue weighted by molar-refractivity contribution is 0.0214. The van der Waals surface area contributed by atoms with E-state index in [1.807, 2.05) is 0 Å². The standard InChI is InChI=1S/C22H22N2O4S2/c25-22(28-17-7-3-1-4-8-17)20-19(16-11-13-23-14-12-16)15-29-21(20)24-30(26,27)18-9-5-2-6-10-18/h2,5-6,9-15,17,24H,1,3-4,7-8H2. The number of carbonyl (C=O) groups is 1. The van der Waals surface area contributed by atoms with Crippen LogP contribution in [0.5, 0.6) is 0 Å². The van der Waals surface area contributed by atoms with Crippen molar-refractivity contribution >= 4 is 32.3 Å². The van der Waals surface area contributed by atoms with Crippen molar-refractivity contribution in [3.63, 3.8) is 0 Å². The number of hydrogen-bond donors (Lipinski definition) is 1. The smallest absolute Gasteiger partial charge is 0.342 e. The van der Waals surface area contributed by atoms with Crippen LogP contribution in [0.1, 0.15) is 42.5 Å². The highest BCUT2D eigenvalue weighted by molar-refractivity contribution is 7.93. The second kappa shape index (κ2) is 8.97. The molecule has 1 aliphatic rings. The summed E-state index contributed by atoms with van der Waals surface area (Å²) >= 11 is 1.17. The third-order valence-electron chi connectivity index (χ3n) is 5.09. The fourth-order valence-corrected chi connectivity index (χ4v) is 5.86. The summed E-state index contributed by atoms with van der Waals surface area (Å²) < 4.78 is 34.1. The van der Waals surface area contributed by atoms with Gasteiger partial charge in [0.15, 0.2) is 0 Å². The zero-order valence-electron chi connectivity index (χ0n) is 16.3. The zero-order chi connectivity index (χ0) is 21.0. The number of anilines is 1. The first kappa shape index (κ1) is 20.6. The topological polar surface area (TPSA) is 85.4 Å². The number of sulfonamides is 1. The van der Waals surface area contributed by atoms with Crippen LogP contribution in [0.2, 0.25) is 0 Å². The second-order valence-corrected chi connectivity index (χ2v) is 9.74. The van der Waals surface area contributed by atoms with E-state index in [-0.39, 0.29) is 21.6 Å². The summed E-state index contributed by atoms with van der Waals surface area (Å²) in [7, 11) is -3.83. The molecule has 1 aromatic carbocycles. The maximum absolute atomic E-state index is 13.1. The molecule has 6 nitrogen and oxygen atoms in total. The average molecular weight is 443 g/mol. The fraction of sp³-hybridized carbons (Fsp3) is 0.273. The Kier molecular flexibility index (Phi) is 6.15. The predicted octanol–water partition coefficient (Wildman–Crippen LogP) is 5.10. The molecule has 0 atom stereocenters. The van der Waals surface area contributed by atoms with Crippen LogP contribution in [-0.4, -0.2) is 25.5 Å². The van der Waals surface area contributed by atoms with E-state index in [1.165, 1.54) is 23.5 Å². The van der Waals surface area contributed by atoms with Gasteiger partial charge in [0.05, 0.1) is 4.90 Å². The van der Waals surface area contributed by atoms with Gasteiger partial charge < -0.3 is 4.74 Å². The first-order chi connectivity index (χ1) is 14.5. The molecule has 8 heteroatoms. The van der Waals surface area contributed by atoms with E-state index in [9.17, 15) is 13.2 Å². The predicted molar refractivity (Wildman–Crippen MR) is 117 cm³/mol. The number of esters is 1. The number of aromatic nitrogens is 1. The number of pyridine rings is 1. The summed E-state index contributed by atoms with van der Waals surface area (Å²) in [5.74, 6) is -0.499. The maximum atomic E-state index is 13.1. The largest absolute Gasteiger partial charge is 0.459 e. The molecule has 0 radical (unpaired) electrons. The molecule has 1 aliphatic carbocycles. The molecule has 0 saturated heterocycles. The maximum Gasteiger partial charge on any atom is 0.342 e. The van der Waals surface area contributed by atoms with Crippen LogP contribution in [0.15, 0.2) is 65.1 Å². The number of nitrogens with one attached hydrogen (secondary N) is 1. The molecule has 2 aromatic heterocycles. The van der Waals surface area contributed by atoms with E-state index in [1.54, 1.807) is 48.1 Å². The summed E-state index contributed by atoms with van der Waals surface area (Å²) in [6.07, 6.45) is 8.04. The lowest BCUT2D eigenvalue weighted by Crippen LogP contribution is -2.22. The van der Waals surface area contributed by atoms with E-state index in [0.29, 0.717) is 5.56 Å². The minimum atomic E-state index is -3.83. The van der Waals surface area contributed by atoms with E-state index in [2.05, 4.69) is 9.71 Å². The van der Waals surface area contributed by atoms with Crippen LogP contribution < -0.4 is 4.72 Å². The molecule has 0 spiro atoms. The molecule has 1 fully saturated rings. The van der Waals surface area contributed by atoms with E-state index >= 15 is 0 Å². The summed E-state index contributed by atoms with van der Waals surface area (Å²) in [5, 5.41) is 2.03. The summed E-state index contributed by atoms with van der Waals surface area (Å²) in [6.45, 7) is 0. The van der Waals surface area contributed by atoms with Gasteiger partial charge in [0, 0.05) is 23.3 Å². The normalized spacial score (nSPS) is 14.9. The van der Waals surface area contributed by atoms with Gasteiger partial charge >= 0.3 is 5.97 Å². The van der Waals surface area contributed by atoms with Gasteiger partial charge in [-0.3, -0.25) is 9.71 Å². The van der Waals surface area contributed by atoms with Gasteiger partial charge in [0.25, 0.3) is 10.0 Å². The minimum absolute atomic E-state index is 0.130. The number of nitrogens with zero attached hydrogens (tertiary/aromatic N) is 1. The van der Waals surface area contributed by atoms with Crippen LogP contribution in [0.4, 0.5) is 5.00 Å². The molecule has 0 unspecified atom stereocenters. The van der Waals surface area contributed by atoms with Crippen LogP contribution in [0.3, 0.4) is 0 Å². The number of hydrogen-bond acceptors (Lipinski definition) is 6. The number of rotatable bonds is 6. The molecule has 0 aliphatic heterocycles. The van der Waals surface area contributed by atoms with Crippen molar-refractivity contribution in [2.45, 2.75) is 43.1 Å². The Morgan fingerprint density at radius 2 is 1.73 bits per heavy atom. The molecule has 1 N–H and O–H groups in total. The second-order valence-electron chi connectivity index (χ2n) is 7.17. The fourth-order valence-electron chi connectivity index (χ4n) is 3.55. The molecular formula is C22H22N2O4S2. The van der Waals surface area contributed by atoms with Crippen molar-refractivity contribution in [2.75, 3.05) is 4.72 Å². The molecule has 2 heterocycles. The lowest BCUT2D eigenvalue weighted by atomic mass is 9.97. The lowest BCUT2D eigenvalue weighted by Gasteiger charge is -2.22. The van der Waals surface area contributed by atoms with Crippen molar-refractivity contribution in [1.29, 1.82) is 0 Å². The third-order valence-corrected chi connectivity index (χ3v) is 7.48. The van der Waals surface area contributed by atoms with Crippen molar-refractivity contribution in [2.24, 2.45) is 0 Å². The highest BCUT2D eigenvalue weighted by Gasteiger charge is 2.27. The number of thiophene rings is 1. The summed E-state index contributed by atoms with van der Waals surface area (Å²) in [4.78, 5) is 17.3. The summed E-state index contributed by atoms with van der Waals surface area (Å²) in [5.41, 5.74) is 1.66. The van der Waals surface area contributed by atoms with Crippen LogP contribution >= 0.6 is 11.3 Å². The first-order valence-corrected chi connectivity index (χ1v) is 12.2. The van der Waals surface area contributed by atoms with Gasteiger partial charge in [-0.25, -0.2) is 13.2 Å². The molecule has 3 aromatic rings. The Labute approximate surface area is 180 Å². The molecule has 4 rings (SSSR count). The van der Waals surface area contributed by atoms with E-state index < -0.39 is 16.0 Å². The Bertz CT molecular complexity index is 1110. The molecular weight excluding hydrogens is 420 g/mol. The van der Waals surface area contributed by atoms with Gasteiger partial charge in [0.1, 0.15) is 16.7 Å². The van der Waals surface area contributed by atoms with Crippen molar-refractivity contribution < 1.29 is 17.9 Å². The van der Waals surface area contributed by atoms with Crippen LogP contribution in [-0.2, 0) is 14.8 Å². The number of carbonyl (C=O) groups excluding carboxylic acids is 1. The quantitative estimate of drug-likeness (QED) is 0.537. The minimum Gasteiger partial charge on any atom is -0.459 e. The van der Waals surface area contributed by atoms with Gasteiger partial charge in [-0.2, -0.15) is 0 Å². The van der Waals surface area contributed by atoms with Crippen molar-refractivity contribution in [3.05, 3.63) is 65.8 Å². The van der Waals surface area contributed by atoms with Crippen LogP contribution in [0.25, 0.3) is 11.1 Å². The monoisotopic (exact) mass is 442 g/mol. The molecule has 0 amide bonds. The molecule has 156 valence electrons. The zero-order valence-corrected chi connectivity index (χ0v) is 17.9. The highest BCUT2D eigenvalue weighted by atomic mass is 32.2. The molecule has 30 heavy (non-hydrogen) atoms.